The fraction of sp³-hybridized carbons (Fsp3) is 0.364. The number of halogens is 1. The second-order valence-corrected chi connectivity index (χ2v) is 9.67. The van der Waals surface area contributed by atoms with Crippen LogP contribution < -0.4 is 0 Å². The maximum atomic E-state index is 13.0. The Morgan fingerprint density at radius 3 is 2.48 bits per heavy atom. The summed E-state index contributed by atoms with van der Waals surface area (Å²) >= 11 is 6.05. The van der Waals surface area contributed by atoms with Gasteiger partial charge in [0.25, 0.3) is 0 Å². The fourth-order valence-electron chi connectivity index (χ4n) is 3.57. The van der Waals surface area contributed by atoms with Gasteiger partial charge in [0.2, 0.25) is 15.9 Å². The van der Waals surface area contributed by atoms with Crippen molar-refractivity contribution in [2.24, 2.45) is 0 Å². The number of nitrogens with zero attached hydrogens (tertiary/aromatic N) is 4. The predicted octanol–water partition coefficient (Wildman–Crippen LogP) is 2.57. The maximum Gasteiger partial charge on any atom is 0.244 e. The van der Waals surface area contributed by atoms with E-state index in [0.717, 1.165) is 5.56 Å². The van der Waals surface area contributed by atoms with E-state index in [1.165, 1.54) is 16.4 Å². The van der Waals surface area contributed by atoms with Gasteiger partial charge in [0, 0.05) is 37.7 Å². The van der Waals surface area contributed by atoms with Crippen LogP contribution in [0.3, 0.4) is 0 Å². The lowest BCUT2D eigenvalue weighted by atomic mass is 10.2. The molecule has 9 heteroatoms. The Hall–Kier alpha value is -2.44. The number of nitriles is 1. The first-order chi connectivity index (χ1) is 14.8. The fourth-order valence-corrected chi connectivity index (χ4v) is 5.34. The molecule has 1 saturated heterocycles. The molecule has 164 valence electrons. The van der Waals surface area contributed by atoms with Crippen molar-refractivity contribution in [3.63, 3.8) is 0 Å². The van der Waals surface area contributed by atoms with Gasteiger partial charge in [-0.05, 0) is 36.4 Å². The summed E-state index contributed by atoms with van der Waals surface area (Å²) in [5.41, 5.74) is 1.16. The molecular formula is C22H25ClN4O3S. The zero-order valence-corrected chi connectivity index (χ0v) is 18.9. The average molecular weight is 461 g/mol. The van der Waals surface area contributed by atoms with Crippen LogP contribution in [0.5, 0.6) is 0 Å². The lowest BCUT2D eigenvalue weighted by Gasteiger charge is -2.35. The van der Waals surface area contributed by atoms with Crippen LogP contribution in [0, 0.1) is 11.3 Å². The number of piperazine rings is 1. The molecule has 0 aromatic heterocycles. The van der Waals surface area contributed by atoms with Gasteiger partial charge >= 0.3 is 0 Å². The van der Waals surface area contributed by atoms with E-state index >= 15 is 0 Å². The first kappa shape index (κ1) is 23.2. The molecule has 7 nitrogen and oxygen atoms in total. The number of amides is 1. The molecule has 1 fully saturated rings. The highest BCUT2D eigenvalue weighted by molar-refractivity contribution is 7.89. The second-order valence-electron chi connectivity index (χ2n) is 7.33. The number of carbonyl (C=O) groups is 1. The summed E-state index contributed by atoms with van der Waals surface area (Å²) in [6, 6.07) is 15.7. The van der Waals surface area contributed by atoms with Gasteiger partial charge in [-0.15, -0.1) is 0 Å². The number of hydrogen-bond acceptors (Lipinski definition) is 5. The van der Waals surface area contributed by atoms with Gasteiger partial charge in [0.1, 0.15) is 6.07 Å². The van der Waals surface area contributed by atoms with E-state index in [1.807, 2.05) is 42.2 Å². The van der Waals surface area contributed by atoms with E-state index in [9.17, 15) is 18.5 Å². The molecule has 2 aromatic carbocycles. The third-order valence-corrected chi connectivity index (χ3v) is 7.51. The SMILES string of the molecule is CCN(CC(=O)N1CCN(S(=O)(=O)c2ccccc2C#N)CC1)Cc1cccc(Cl)c1. The number of sulfonamides is 1. The molecule has 0 spiro atoms. The summed E-state index contributed by atoms with van der Waals surface area (Å²) < 4.78 is 27.2. The zero-order chi connectivity index (χ0) is 22.4. The standard InChI is InChI=1S/C22H25ClN4O3S/c1-2-25(16-18-6-5-8-20(23)14-18)17-22(28)26-10-12-27(13-11-26)31(29,30)21-9-4-3-7-19(21)15-24/h3-9,14H,2,10-13,16-17H2,1H3. The van der Waals surface area contributed by atoms with Crippen LogP contribution in [0.4, 0.5) is 0 Å². The largest absolute Gasteiger partial charge is 0.339 e. The highest BCUT2D eigenvalue weighted by atomic mass is 35.5. The molecule has 0 N–H and O–H groups in total. The normalized spacial score (nSPS) is 15.1. The molecule has 0 atom stereocenters. The molecule has 0 radical (unpaired) electrons. The molecule has 0 aliphatic carbocycles. The molecule has 0 saturated carbocycles. The highest BCUT2D eigenvalue weighted by Gasteiger charge is 2.31. The molecular weight excluding hydrogens is 436 g/mol. The van der Waals surface area contributed by atoms with Crippen LogP contribution in [0.25, 0.3) is 0 Å². The number of hydrogen-bond donors (Lipinski definition) is 0. The van der Waals surface area contributed by atoms with Gasteiger partial charge in [-0.3, -0.25) is 9.69 Å². The van der Waals surface area contributed by atoms with Gasteiger partial charge in [-0.25, -0.2) is 8.42 Å². The van der Waals surface area contributed by atoms with Crippen molar-refractivity contribution in [1.29, 1.82) is 5.26 Å². The number of carbonyl (C=O) groups excluding carboxylic acids is 1. The first-order valence-electron chi connectivity index (χ1n) is 10.1. The predicted molar refractivity (Wildman–Crippen MR) is 119 cm³/mol. The first-order valence-corrected chi connectivity index (χ1v) is 11.9. The van der Waals surface area contributed by atoms with Crippen molar-refractivity contribution >= 4 is 27.5 Å². The smallest absolute Gasteiger partial charge is 0.244 e. The van der Waals surface area contributed by atoms with E-state index in [-0.39, 0.29) is 36.0 Å². The molecule has 1 aliphatic rings. The minimum Gasteiger partial charge on any atom is -0.339 e. The summed E-state index contributed by atoms with van der Waals surface area (Å²) in [5.74, 6) is -0.0293. The van der Waals surface area contributed by atoms with Crippen molar-refractivity contribution < 1.29 is 13.2 Å². The second kappa shape index (κ2) is 10.2. The van der Waals surface area contributed by atoms with E-state index in [0.29, 0.717) is 31.2 Å². The Morgan fingerprint density at radius 1 is 1.13 bits per heavy atom. The zero-order valence-electron chi connectivity index (χ0n) is 17.4. The average Bonchev–Trinajstić information content (AvgIpc) is 2.78. The van der Waals surface area contributed by atoms with E-state index in [4.69, 9.17) is 11.6 Å². The molecule has 3 rings (SSSR count). The summed E-state index contributed by atoms with van der Waals surface area (Å²) in [4.78, 5) is 16.5. The molecule has 0 unspecified atom stereocenters. The Kier molecular flexibility index (Phi) is 7.68. The van der Waals surface area contributed by atoms with Crippen molar-refractivity contribution in [1.82, 2.24) is 14.1 Å². The van der Waals surface area contributed by atoms with Crippen LogP contribution in [0.2, 0.25) is 5.02 Å². The Bertz CT molecular complexity index is 1080. The summed E-state index contributed by atoms with van der Waals surface area (Å²) in [7, 11) is -3.78. The quantitative estimate of drug-likeness (QED) is 0.634. The van der Waals surface area contributed by atoms with Crippen LogP contribution in [-0.2, 0) is 21.4 Å². The van der Waals surface area contributed by atoms with E-state index < -0.39 is 10.0 Å². The molecule has 1 heterocycles. The van der Waals surface area contributed by atoms with Crippen molar-refractivity contribution in [3.05, 3.63) is 64.7 Å². The van der Waals surface area contributed by atoms with Crippen LogP contribution >= 0.6 is 11.6 Å². The third kappa shape index (κ3) is 5.63. The van der Waals surface area contributed by atoms with Gasteiger partial charge in [0.15, 0.2) is 0 Å². The van der Waals surface area contributed by atoms with Gasteiger partial charge in [-0.2, -0.15) is 9.57 Å². The van der Waals surface area contributed by atoms with Crippen LogP contribution in [0.15, 0.2) is 53.4 Å². The molecule has 2 aromatic rings. The number of likely N-dealkylation sites (N-methyl/N-ethyl adjacent to an activating group) is 1. The van der Waals surface area contributed by atoms with Crippen molar-refractivity contribution in [3.8, 4) is 6.07 Å². The van der Waals surface area contributed by atoms with E-state index in [1.54, 1.807) is 17.0 Å². The minimum absolute atomic E-state index is 0.0101. The Morgan fingerprint density at radius 2 is 1.84 bits per heavy atom. The monoisotopic (exact) mass is 460 g/mol. The van der Waals surface area contributed by atoms with Crippen LogP contribution in [-0.4, -0.2) is 67.7 Å². The van der Waals surface area contributed by atoms with Crippen molar-refractivity contribution in [2.45, 2.75) is 18.4 Å². The molecule has 1 amide bonds. The van der Waals surface area contributed by atoms with Gasteiger partial charge in [-0.1, -0.05) is 42.8 Å². The lowest BCUT2D eigenvalue weighted by molar-refractivity contribution is -0.133. The topological polar surface area (TPSA) is 84.7 Å². The van der Waals surface area contributed by atoms with Gasteiger partial charge < -0.3 is 4.90 Å². The maximum absolute atomic E-state index is 13.0. The number of benzene rings is 2. The van der Waals surface area contributed by atoms with Crippen molar-refractivity contribution in [2.75, 3.05) is 39.3 Å². The van der Waals surface area contributed by atoms with E-state index in [2.05, 4.69) is 0 Å². The molecule has 31 heavy (non-hydrogen) atoms. The van der Waals surface area contributed by atoms with Crippen LogP contribution in [0.1, 0.15) is 18.1 Å². The Balaban J connectivity index is 1.59. The molecule has 0 bridgehead atoms. The lowest BCUT2D eigenvalue weighted by Crippen LogP contribution is -2.52. The minimum atomic E-state index is -3.78. The summed E-state index contributed by atoms with van der Waals surface area (Å²) in [6.07, 6.45) is 0. The van der Waals surface area contributed by atoms with Gasteiger partial charge in [0.05, 0.1) is 17.0 Å². The third-order valence-electron chi connectivity index (χ3n) is 5.32. The summed E-state index contributed by atoms with van der Waals surface area (Å²) in [5, 5.41) is 9.89. The number of rotatable bonds is 7. The summed E-state index contributed by atoms with van der Waals surface area (Å²) in [6.45, 7) is 4.62. The Labute approximate surface area is 188 Å². The highest BCUT2D eigenvalue weighted by Crippen LogP contribution is 2.21. The molecule has 1 aliphatic heterocycles.